The molecule has 0 fully saturated rings. The maximum atomic E-state index is 13.3. The van der Waals surface area contributed by atoms with Crippen LogP contribution in [-0.2, 0) is 17.2 Å². The summed E-state index contributed by atoms with van der Waals surface area (Å²) in [7, 11) is 1.65. The highest BCUT2D eigenvalue weighted by Gasteiger charge is 2.21. The monoisotopic (exact) mass is 270 g/mol. The molecule has 0 bridgehead atoms. The second kappa shape index (κ2) is 4.86. The van der Waals surface area contributed by atoms with E-state index >= 15 is 0 Å². The Morgan fingerprint density at radius 3 is 2.78 bits per heavy atom. The predicted octanol–water partition coefficient (Wildman–Crippen LogP) is 3.34. The Morgan fingerprint density at radius 2 is 2.17 bits per heavy atom. The molecule has 0 radical (unpaired) electrons. The lowest BCUT2D eigenvalue weighted by Crippen LogP contribution is -2.29. The third-order valence-corrected chi connectivity index (χ3v) is 3.24. The standard InChI is InChI=1S/C13H16ClFN2O/c1-13(2,18-3)8-17-11-6-9(15)4-5-10(11)16-12(17)7-14/h4-6H,7-8H2,1-3H3. The van der Waals surface area contributed by atoms with Crippen molar-refractivity contribution in [3.05, 3.63) is 29.8 Å². The highest BCUT2D eigenvalue weighted by Crippen LogP contribution is 2.22. The molecule has 0 spiro atoms. The second-order valence-electron chi connectivity index (χ2n) is 4.84. The van der Waals surface area contributed by atoms with Crippen molar-refractivity contribution in [3.63, 3.8) is 0 Å². The number of nitrogens with zero attached hydrogens (tertiary/aromatic N) is 2. The van der Waals surface area contributed by atoms with Gasteiger partial charge in [0.15, 0.2) is 0 Å². The molecule has 0 N–H and O–H groups in total. The first kappa shape index (κ1) is 13.3. The lowest BCUT2D eigenvalue weighted by atomic mass is 10.1. The Labute approximate surface area is 111 Å². The fraction of sp³-hybridized carbons (Fsp3) is 0.462. The van der Waals surface area contributed by atoms with E-state index in [4.69, 9.17) is 16.3 Å². The second-order valence-corrected chi connectivity index (χ2v) is 5.11. The average molecular weight is 271 g/mol. The van der Waals surface area contributed by atoms with Crippen LogP contribution in [0.25, 0.3) is 11.0 Å². The van der Waals surface area contributed by atoms with Crippen molar-refractivity contribution in [2.75, 3.05) is 7.11 Å². The number of alkyl halides is 1. The summed E-state index contributed by atoms with van der Waals surface area (Å²) in [6.07, 6.45) is 0. The lowest BCUT2D eigenvalue weighted by molar-refractivity contribution is 0.00854. The molecule has 3 nitrogen and oxygen atoms in total. The molecule has 1 aromatic heterocycles. The fourth-order valence-electron chi connectivity index (χ4n) is 1.87. The van der Waals surface area contributed by atoms with Gasteiger partial charge in [-0.3, -0.25) is 0 Å². The number of imidazole rings is 1. The largest absolute Gasteiger partial charge is 0.377 e. The summed E-state index contributed by atoms with van der Waals surface area (Å²) in [5, 5.41) is 0. The Morgan fingerprint density at radius 1 is 1.44 bits per heavy atom. The van der Waals surface area contributed by atoms with Gasteiger partial charge in [-0.15, -0.1) is 11.6 Å². The maximum Gasteiger partial charge on any atom is 0.125 e. The van der Waals surface area contributed by atoms with Crippen LogP contribution in [0.4, 0.5) is 4.39 Å². The summed E-state index contributed by atoms with van der Waals surface area (Å²) in [6, 6.07) is 4.54. The molecule has 0 aliphatic carbocycles. The molecular weight excluding hydrogens is 255 g/mol. The zero-order chi connectivity index (χ0) is 13.3. The van der Waals surface area contributed by atoms with Gasteiger partial charge in [0.05, 0.1) is 29.1 Å². The first-order chi connectivity index (χ1) is 8.46. The number of ether oxygens (including phenoxy) is 1. The average Bonchev–Trinajstić information content (AvgIpc) is 2.67. The molecule has 2 rings (SSSR count). The van der Waals surface area contributed by atoms with Crippen molar-refractivity contribution in [1.29, 1.82) is 0 Å². The normalized spacial score (nSPS) is 12.3. The van der Waals surface area contributed by atoms with E-state index in [9.17, 15) is 4.39 Å². The van der Waals surface area contributed by atoms with Crippen LogP contribution in [0.1, 0.15) is 19.7 Å². The molecule has 0 amide bonds. The summed E-state index contributed by atoms with van der Waals surface area (Å²) >= 11 is 5.90. The van der Waals surface area contributed by atoms with Gasteiger partial charge < -0.3 is 9.30 Å². The van der Waals surface area contributed by atoms with Crippen LogP contribution in [0.5, 0.6) is 0 Å². The van der Waals surface area contributed by atoms with Gasteiger partial charge in [0, 0.05) is 7.11 Å². The van der Waals surface area contributed by atoms with Crippen LogP contribution < -0.4 is 0 Å². The van der Waals surface area contributed by atoms with Crippen LogP contribution in [-0.4, -0.2) is 22.3 Å². The van der Waals surface area contributed by atoms with Crippen molar-refractivity contribution in [3.8, 4) is 0 Å². The number of halogens is 2. The topological polar surface area (TPSA) is 27.1 Å². The molecule has 0 atom stereocenters. The quantitative estimate of drug-likeness (QED) is 0.797. The Bertz CT molecular complexity index is 565. The first-order valence-electron chi connectivity index (χ1n) is 5.72. The molecule has 0 unspecified atom stereocenters. The van der Waals surface area contributed by atoms with E-state index < -0.39 is 0 Å². The summed E-state index contributed by atoms with van der Waals surface area (Å²) in [5.74, 6) is 0.734. The van der Waals surface area contributed by atoms with E-state index in [2.05, 4.69) is 4.98 Å². The molecule has 18 heavy (non-hydrogen) atoms. The summed E-state index contributed by atoms with van der Waals surface area (Å²) < 4.78 is 20.7. The van der Waals surface area contributed by atoms with Gasteiger partial charge in [-0.2, -0.15) is 0 Å². The smallest absolute Gasteiger partial charge is 0.125 e. The molecule has 0 saturated carbocycles. The first-order valence-corrected chi connectivity index (χ1v) is 6.26. The molecule has 1 heterocycles. The van der Waals surface area contributed by atoms with Crippen molar-refractivity contribution < 1.29 is 9.13 Å². The van der Waals surface area contributed by atoms with E-state index in [1.54, 1.807) is 13.2 Å². The van der Waals surface area contributed by atoms with Gasteiger partial charge >= 0.3 is 0 Å². The number of hydrogen-bond donors (Lipinski definition) is 0. The number of rotatable bonds is 4. The zero-order valence-electron chi connectivity index (χ0n) is 10.7. The number of methoxy groups -OCH3 is 1. The van der Waals surface area contributed by atoms with Crippen LogP contribution in [0.2, 0.25) is 0 Å². The molecule has 98 valence electrons. The van der Waals surface area contributed by atoms with Crippen LogP contribution >= 0.6 is 11.6 Å². The van der Waals surface area contributed by atoms with E-state index in [0.29, 0.717) is 6.54 Å². The summed E-state index contributed by atoms with van der Waals surface area (Å²) in [4.78, 5) is 4.40. The minimum Gasteiger partial charge on any atom is -0.377 e. The van der Waals surface area contributed by atoms with Gasteiger partial charge in [-0.25, -0.2) is 9.37 Å². The van der Waals surface area contributed by atoms with Crippen LogP contribution in [0.3, 0.4) is 0 Å². The van der Waals surface area contributed by atoms with Crippen molar-refractivity contribution in [2.24, 2.45) is 0 Å². The lowest BCUT2D eigenvalue weighted by Gasteiger charge is -2.24. The molecule has 5 heteroatoms. The Kier molecular flexibility index (Phi) is 3.59. The number of aromatic nitrogens is 2. The number of benzene rings is 1. The van der Waals surface area contributed by atoms with Crippen molar-refractivity contribution in [2.45, 2.75) is 31.9 Å². The van der Waals surface area contributed by atoms with Gasteiger partial charge in [0.25, 0.3) is 0 Å². The van der Waals surface area contributed by atoms with E-state index in [1.807, 2.05) is 18.4 Å². The number of hydrogen-bond acceptors (Lipinski definition) is 2. The fourth-order valence-corrected chi connectivity index (χ4v) is 2.07. The number of fused-ring (bicyclic) bond motifs is 1. The van der Waals surface area contributed by atoms with E-state index in [1.165, 1.54) is 12.1 Å². The Hall–Kier alpha value is -1.13. The Balaban J connectivity index is 2.55. The van der Waals surface area contributed by atoms with Crippen molar-refractivity contribution >= 4 is 22.6 Å². The minimum atomic E-state index is -0.360. The molecular formula is C13H16ClFN2O. The van der Waals surface area contributed by atoms with E-state index in [-0.39, 0.29) is 17.3 Å². The third kappa shape index (κ3) is 2.49. The van der Waals surface area contributed by atoms with Gasteiger partial charge in [0.2, 0.25) is 0 Å². The highest BCUT2D eigenvalue weighted by atomic mass is 35.5. The maximum absolute atomic E-state index is 13.3. The molecule has 2 aromatic rings. The highest BCUT2D eigenvalue weighted by molar-refractivity contribution is 6.16. The SMILES string of the molecule is COC(C)(C)Cn1c(CCl)nc2ccc(F)cc21. The van der Waals surface area contributed by atoms with Crippen molar-refractivity contribution in [1.82, 2.24) is 9.55 Å². The summed E-state index contributed by atoms with van der Waals surface area (Å²) in [5.41, 5.74) is 1.13. The van der Waals surface area contributed by atoms with Crippen LogP contribution in [0, 0.1) is 5.82 Å². The molecule has 1 aromatic carbocycles. The summed E-state index contributed by atoms with van der Waals surface area (Å²) in [6.45, 7) is 4.51. The molecule has 0 aliphatic rings. The molecule has 0 saturated heterocycles. The van der Waals surface area contributed by atoms with Crippen LogP contribution in [0.15, 0.2) is 18.2 Å². The van der Waals surface area contributed by atoms with Gasteiger partial charge in [-0.1, -0.05) is 0 Å². The minimum absolute atomic E-state index is 0.278. The third-order valence-electron chi connectivity index (χ3n) is 3.00. The zero-order valence-corrected chi connectivity index (χ0v) is 11.5. The predicted molar refractivity (Wildman–Crippen MR) is 70.3 cm³/mol. The van der Waals surface area contributed by atoms with Gasteiger partial charge in [0.1, 0.15) is 11.6 Å². The molecule has 0 aliphatic heterocycles. The van der Waals surface area contributed by atoms with E-state index in [0.717, 1.165) is 16.9 Å². The van der Waals surface area contributed by atoms with Gasteiger partial charge in [-0.05, 0) is 32.0 Å².